The van der Waals surface area contributed by atoms with Crippen molar-refractivity contribution in [1.82, 2.24) is 0 Å². The Labute approximate surface area is 128 Å². The van der Waals surface area contributed by atoms with E-state index in [9.17, 15) is 0 Å². The lowest BCUT2D eigenvalue weighted by Gasteiger charge is -2.33. The number of hydrogen-bond donors (Lipinski definition) is 0. The molecular formula is C19H50. The Morgan fingerprint density at radius 2 is 0.632 bits per heavy atom. The van der Waals surface area contributed by atoms with Gasteiger partial charge < -0.3 is 0 Å². The van der Waals surface area contributed by atoms with Gasteiger partial charge in [-0.25, -0.2) is 0 Å². The van der Waals surface area contributed by atoms with Gasteiger partial charge in [0.05, 0.1) is 0 Å². The first kappa shape index (κ1) is 36.4. The van der Waals surface area contributed by atoms with Crippen molar-refractivity contribution in [1.29, 1.82) is 0 Å². The van der Waals surface area contributed by atoms with E-state index in [-0.39, 0.29) is 29.7 Å². The zero-order valence-corrected chi connectivity index (χ0v) is 12.8. The molecule has 0 aromatic rings. The van der Waals surface area contributed by atoms with Gasteiger partial charge >= 0.3 is 0 Å². The minimum atomic E-state index is 0. The summed E-state index contributed by atoms with van der Waals surface area (Å²) in [6.45, 7) is 22.8. The molecule has 0 N–H and O–H groups in total. The molecule has 0 aromatic heterocycles. The van der Waals surface area contributed by atoms with Gasteiger partial charge in [0.15, 0.2) is 0 Å². The molecule has 0 aliphatic carbocycles. The van der Waals surface area contributed by atoms with Crippen LogP contribution in [0.3, 0.4) is 0 Å². The van der Waals surface area contributed by atoms with Gasteiger partial charge in [-0.3, -0.25) is 0 Å². The highest BCUT2D eigenvalue weighted by atomic mass is 14.3. The Kier molecular flexibility index (Phi) is 30.8. The largest absolute Gasteiger partial charge is 0.0776 e. The van der Waals surface area contributed by atoms with Crippen molar-refractivity contribution in [3.05, 3.63) is 0 Å². The van der Waals surface area contributed by atoms with Gasteiger partial charge in [0.1, 0.15) is 0 Å². The van der Waals surface area contributed by atoms with E-state index in [2.05, 4.69) is 69.2 Å². The third-order valence-electron chi connectivity index (χ3n) is 4.31. The van der Waals surface area contributed by atoms with Crippen LogP contribution in [0.4, 0.5) is 0 Å². The Morgan fingerprint density at radius 3 is 0.632 bits per heavy atom. The third-order valence-corrected chi connectivity index (χ3v) is 4.31. The van der Waals surface area contributed by atoms with Gasteiger partial charge in [-0.1, -0.05) is 98.9 Å². The molecule has 0 heterocycles. The molecule has 0 heteroatoms. The molecule has 0 atom stereocenters. The minimum Gasteiger partial charge on any atom is -0.0776 e. The van der Waals surface area contributed by atoms with E-state index >= 15 is 0 Å². The summed E-state index contributed by atoms with van der Waals surface area (Å²) in [6, 6.07) is 0. The van der Waals surface area contributed by atoms with Crippen LogP contribution in [0.1, 0.15) is 98.9 Å². The van der Waals surface area contributed by atoms with Gasteiger partial charge in [-0.05, 0) is 29.1 Å². The molecule has 0 aromatic carbocycles. The molecule has 0 saturated carbocycles. The van der Waals surface area contributed by atoms with E-state index in [4.69, 9.17) is 0 Å². The van der Waals surface area contributed by atoms with Crippen molar-refractivity contribution in [2.75, 3.05) is 0 Å². The summed E-state index contributed by atoms with van der Waals surface area (Å²) in [6.07, 6.45) is 0. The summed E-state index contributed by atoms with van der Waals surface area (Å²) in [5.74, 6) is 3.28. The molecule has 19 heavy (non-hydrogen) atoms. The lowest BCUT2D eigenvalue weighted by Crippen LogP contribution is -2.25. The van der Waals surface area contributed by atoms with Gasteiger partial charge in [0, 0.05) is 0 Å². The highest BCUT2D eigenvalue weighted by Crippen LogP contribution is 2.33. The van der Waals surface area contributed by atoms with Crippen LogP contribution in [0.2, 0.25) is 0 Å². The fourth-order valence-electron chi connectivity index (χ4n) is 0.667. The van der Waals surface area contributed by atoms with Gasteiger partial charge in [-0.2, -0.15) is 0 Å². The topological polar surface area (TPSA) is 0 Å². The van der Waals surface area contributed by atoms with Gasteiger partial charge in [-0.15, -0.1) is 0 Å². The molecule has 0 nitrogen and oxygen atoms in total. The molecule has 0 amide bonds. The first-order valence-corrected chi connectivity index (χ1v) is 6.53. The molecule has 0 spiro atoms. The second-order valence-electron chi connectivity index (χ2n) is 6.62. The summed E-state index contributed by atoms with van der Waals surface area (Å²) in [4.78, 5) is 0. The fraction of sp³-hybridized carbons (Fsp3) is 1.00. The van der Waals surface area contributed by atoms with Gasteiger partial charge in [0.25, 0.3) is 0 Å². The molecule has 0 bridgehead atoms. The maximum Gasteiger partial charge on any atom is -0.0308 e. The molecule has 0 radical (unpaired) electrons. The molecule has 0 fully saturated rings. The lowest BCUT2D eigenvalue weighted by molar-refractivity contribution is 0.165. The van der Waals surface area contributed by atoms with Crippen LogP contribution in [-0.4, -0.2) is 0 Å². The number of hydrogen-bond acceptors (Lipinski definition) is 0. The first-order chi connectivity index (χ1) is 6.53. The summed E-state index contributed by atoms with van der Waals surface area (Å²) in [5, 5.41) is 0. The van der Waals surface area contributed by atoms with Crippen molar-refractivity contribution < 1.29 is 0 Å². The zero-order valence-electron chi connectivity index (χ0n) is 12.8. The smallest absolute Gasteiger partial charge is 0.0308 e. The highest BCUT2D eigenvalue weighted by Gasteiger charge is 2.25. The Morgan fingerprint density at radius 1 is 0.474 bits per heavy atom. The second-order valence-corrected chi connectivity index (χ2v) is 6.62. The SMILES string of the molecule is C.C.C.C.CC(C)C(C)(C)C(C)C.CC(C)C(C)C. The average molecular weight is 279 g/mol. The highest BCUT2D eigenvalue weighted by molar-refractivity contribution is 4.75. The summed E-state index contributed by atoms with van der Waals surface area (Å²) in [7, 11) is 0. The van der Waals surface area contributed by atoms with E-state index in [1.165, 1.54) is 0 Å². The van der Waals surface area contributed by atoms with E-state index in [1.807, 2.05) is 0 Å². The van der Waals surface area contributed by atoms with Crippen LogP contribution in [0.25, 0.3) is 0 Å². The molecule has 0 unspecified atom stereocenters. The van der Waals surface area contributed by atoms with E-state index in [0.717, 1.165) is 23.7 Å². The van der Waals surface area contributed by atoms with E-state index < -0.39 is 0 Å². The minimum absolute atomic E-state index is 0. The molecule has 126 valence electrons. The van der Waals surface area contributed by atoms with Crippen LogP contribution >= 0.6 is 0 Å². The normalized spacial score (nSPS) is 9.79. The summed E-state index contributed by atoms with van der Waals surface area (Å²) >= 11 is 0. The van der Waals surface area contributed by atoms with Crippen LogP contribution < -0.4 is 0 Å². The first-order valence-electron chi connectivity index (χ1n) is 6.53. The molecule has 0 aliphatic rings. The average Bonchev–Trinajstić information content (AvgIpc) is 2.04. The van der Waals surface area contributed by atoms with E-state index in [1.54, 1.807) is 0 Å². The second kappa shape index (κ2) is 16.1. The van der Waals surface area contributed by atoms with Crippen LogP contribution in [-0.2, 0) is 0 Å². The molecule has 0 rings (SSSR count). The fourth-order valence-corrected chi connectivity index (χ4v) is 0.667. The predicted molar refractivity (Wildman–Crippen MR) is 100 cm³/mol. The van der Waals surface area contributed by atoms with Crippen molar-refractivity contribution in [2.24, 2.45) is 29.1 Å². The quantitative estimate of drug-likeness (QED) is 0.488. The van der Waals surface area contributed by atoms with Crippen LogP contribution in [0, 0.1) is 29.1 Å². The van der Waals surface area contributed by atoms with Crippen LogP contribution in [0.5, 0.6) is 0 Å². The van der Waals surface area contributed by atoms with Crippen molar-refractivity contribution in [3.8, 4) is 0 Å². The lowest BCUT2D eigenvalue weighted by atomic mass is 9.72. The molecule has 0 aliphatic heterocycles. The Hall–Kier alpha value is 0. The molecular weight excluding hydrogens is 228 g/mol. The Balaban J connectivity index is -0.0000000385. The molecule has 0 saturated heterocycles. The van der Waals surface area contributed by atoms with Crippen molar-refractivity contribution in [2.45, 2.75) is 98.9 Å². The number of rotatable bonds is 3. The Bertz CT molecular complexity index is 122. The summed E-state index contributed by atoms with van der Waals surface area (Å²) < 4.78 is 0. The van der Waals surface area contributed by atoms with Crippen molar-refractivity contribution in [3.63, 3.8) is 0 Å². The standard InChI is InChI=1S/C9H20.C6H14.4CH4/c1-7(2)9(5,6)8(3)4;1-5(2)6(3)4;;;;/h7-8H,1-6H3;5-6H,1-4H3;4*1H4. The summed E-state index contributed by atoms with van der Waals surface area (Å²) in [5.41, 5.74) is 0.500. The van der Waals surface area contributed by atoms with Crippen LogP contribution in [0.15, 0.2) is 0 Å². The van der Waals surface area contributed by atoms with E-state index in [0.29, 0.717) is 5.41 Å². The monoisotopic (exact) mass is 278 g/mol. The maximum atomic E-state index is 2.34. The maximum absolute atomic E-state index is 2.34. The van der Waals surface area contributed by atoms with Crippen molar-refractivity contribution >= 4 is 0 Å². The van der Waals surface area contributed by atoms with Gasteiger partial charge in [0.2, 0.25) is 0 Å². The predicted octanol–water partition coefficient (Wildman–Crippen LogP) is 8.17. The zero-order chi connectivity index (χ0) is 12.8. The third kappa shape index (κ3) is 18.0.